The second-order valence-corrected chi connectivity index (χ2v) is 6.43. The molecule has 0 heterocycles. The highest BCUT2D eigenvalue weighted by molar-refractivity contribution is 8.00. The molecule has 0 spiro atoms. The van der Waals surface area contributed by atoms with Gasteiger partial charge in [-0.1, -0.05) is 13.8 Å². The van der Waals surface area contributed by atoms with Gasteiger partial charge in [0, 0.05) is 10.5 Å². The van der Waals surface area contributed by atoms with Crippen molar-refractivity contribution in [3.8, 4) is 0 Å². The molecule has 92 valence electrons. The van der Waals surface area contributed by atoms with Gasteiger partial charge in [0.1, 0.15) is 0 Å². The van der Waals surface area contributed by atoms with E-state index in [4.69, 9.17) is 0 Å². The van der Waals surface area contributed by atoms with Crippen LogP contribution in [0.25, 0.3) is 0 Å². The molecule has 3 heteroatoms. The van der Waals surface area contributed by atoms with Crippen LogP contribution in [-0.4, -0.2) is 22.0 Å². The Balaban J connectivity index is 3.77. The minimum absolute atomic E-state index is 0.849. The van der Waals surface area contributed by atoms with Crippen LogP contribution in [0, 0.1) is 0 Å². The summed E-state index contributed by atoms with van der Waals surface area (Å²) in [7, 11) is 0. The monoisotopic (exact) mass is 266 g/mol. The maximum Gasteiger partial charge on any atom is 0.00475 e. The van der Waals surface area contributed by atoms with Crippen LogP contribution in [0.4, 0.5) is 0 Å². The van der Waals surface area contributed by atoms with E-state index >= 15 is 0 Å². The minimum atomic E-state index is 0.849. The van der Waals surface area contributed by atoms with Gasteiger partial charge in [-0.25, -0.2) is 0 Å². The highest BCUT2D eigenvalue weighted by Crippen LogP contribution is 2.29. The average Bonchev–Trinajstić information content (AvgIpc) is 2.28. The van der Waals surface area contributed by atoms with Gasteiger partial charge in [-0.15, -0.1) is 0 Å². The van der Waals surface area contributed by atoms with Crippen molar-refractivity contribution < 1.29 is 0 Å². The largest absolute Gasteiger partial charge is 0.179 e. The molecule has 0 aromatic carbocycles. The Hall–Kier alpha value is 1.05. The Labute approximate surface area is 111 Å². The SMILES string of the molecule is CCC(CCCS)SC(CC)CCCS. The van der Waals surface area contributed by atoms with Crippen molar-refractivity contribution in [2.45, 2.75) is 62.9 Å². The molecule has 0 saturated carbocycles. The molecule has 0 aromatic rings. The van der Waals surface area contributed by atoms with Gasteiger partial charge in [0.05, 0.1) is 0 Å². The summed E-state index contributed by atoms with van der Waals surface area (Å²) < 4.78 is 0. The van der Waals surface area contributed by atoms with E-state index < -0.39 is 0 Å². The second kappa shape index (κ2) is 11.5. The van der Waals surface area contributed by atoms with Crippen LogP contribution in [0.2, 0.25) is 0 Å². The fraction of sp³-hybridized carbons (Fsp3) is 1.00. The van der Waals surface area contributed by atoms with Gasteiger partial charge in [-0.05, 0) is 50.0 Å². The smallest absolute Gasteiger partial charge is 0.00475 e. The van der Waals surface area contributed by atoms with Crippen molar-refractivity contribution in [1.29, 1.82) is 0 Å². The van der Waals surface area contributed by atoms with Crippen molar-refractivity contribution >= 4 is 37.0 Å². The zero-order chi connectivity index (χ0) is 11.5. The Morgan fingerprint density at radius 1 is 0.867 bits per heavy atom. The van der Waals surface area contributed by atoms with Gasteiger partial charge in [0.25, 0.3) is 0 Å². The average molecular weight is 267 g/mol. The summed E-state index contributed by atoms with van der Waals surface area (Å²) in [5.74, 6) is 2.06. The molecule has 0 N–H and O–H groups in total. The molecule has 2 atom stereocenters. The fourth-order valence-corrected chi connectivity index (χ4v) is 3.55. The molecule has 0 bridgehead atoms. The predicted octanol–water partition coefficient (Wildman–Crippen LogP) is 4.70. The van der Waals surface area contributed by atoms with Gasteiger partial charge >= 0.3 is 0 Å². The molecule has 0 aliphatic rings. The Bertz CT molecular complexity index is 114. The Morgan fingerprint density at radius 2 is 1.27 bits per heavy atom. The quantitative estimate of drug-likeness (QED) is 0.541. The summed E-state index contributed by atoms with van der Waals surface area (Å²) in [4.78, 5) is 0. The molecule has 2 unspecified atom stereocenters. The Morgan fingerprint density at radius 3 is 1.53 bits per heavy atom. The van der Waals surface area contributed by atoms with Gasteiger partial charge in [-0.2, -0.15) is 37.0 Å². The number of thiol groups is 2. The first-order valence-electron chi connectivity index (χ1n) is 6.15. The maximum atomic E-state index is 4.28. The lowest BCUT2D eigenvalue weighted by Crippen LogP contribution is -2.10. The van der Waals surface area contributed by atoms with E-state index in [-0.39, 0.29) is 0 Å². The fourth-order valence-electron chi connectivity index (χ4n) is 1.65. The third-order valence-corrected chi connectivity index (χ3v) is 5.20. The number of hydrogen-bond donors (Lipinski definition) is 2. The maximum absolute atomic E-state index is 4.28. The minimum Gasteiger partial charge on any atom is -0.179 e. The molecule has 15 heavy (non-hydrogen) atoms. The highest BCUT2D eigenvalue weighted by Gasteiger charge is 2.13. The molecule has 0 saturated heterocycles. The zero-order valence-corrected chi connectivity index (χ0v) is 12.7. The lowest BCUT2D eigenvalue weighted by molar-refractivity contribution is 0.690. The number of rotatable bonds is 10. The van der Waals surface area contributed by atoms with Crippen LogP contribution in [0.1, 0.15) is 52.4 Å². The summed E-state index contributed by atoms with van der Waals surface area (Å²) >= 11 is 10.8. The third-order valence-electron chi connectivity index (χ3n) is 2.66. The van der Waals surface area contributed by atoms with Crippen molar-refractivity contribution in [3.63, 3.8) is 0 Å². The summed E-state index contributed by atoms with van der Waals surface area (Å²) in [6.45, 7) is 4.61. The lowest BCUT2D eigenvalue weighted by atomic mass is 10.2. The normalized spacial score (nSPS) is 15.2. The first-order chi connectivity index (χ1) is 7.28. The van der Waals surface area contributed by atoms with Crippen molar-refractivity contribution in [2.75, 3.05) is 11.5 Å². The van der Waals surface area contributed by atoms with E-state index in [1.807, 2.05) is 0 Å². The van der Waals surface area contributed by atoms with Gasteiger partial charge in [-0.3, -0.25) is 0 Å². The first kappa shape index (κ1) is 16.1. The topological polar surface area (TPSA) is 0 Å². The molecule has 0 amide bonds. The molecule has 0 aliphatic heterocycles. The molecular formula is C12H26S3. The van der Waals surface area contributed by atoms with Crippen molar-refractivity contribution in [1.82, 2.24) is 0 Å². The summed E-state index contributed by atoms with van der Waals surface area (Å²) in [5.41, 5.74) is 0. The molecule has 0 radical (unpaired) electrons. The second-order valence-electron chi connectivity index (χ2n) is 3.93. The summed E-state index contributed by atoms with van der Waals surface area (Å²) in [6.07, 6.45) is 7.80. The van der Waals surface area contributed by atoms with Crippen LogP contribution in [0.15, 0.2) is 0 Å². The van der Waals surface area contributed by atoms with Crippen LogP contribution >= 0.6 is 37.0 Å². The first-order valence-corrected chi connectivity index (χ1v) is 8.36. The van der Waals surface area contributed by atoms with Gasteiger partial charge < -0.3 is 0 Å². The molecular weight excluding hydrogens is 240 g/mol. The molecule has 0 aliphatic carbocycles. The van der Waals surface area contributed by atoms with Gasteiger partial charge in [0.15, 0.2) is 0 Å². The van der Waals surface area contributed by atoms with E-state index in [9.17, 15) is 0 Å². The molecule has 0 aromatic heterocycles. The number of thioether (sulfide) groups is 1. The van der Waals surface area contributed by atoms with Crippen LogP contribution in [0.5, 0.6) is 0 Å². The zero-order valence-electron chi connectivity index (χ0n) is 10.1. The summed E-state index contributed by atoms with van der Waals surface area (Å²) in [5, 5.41) is 1.70. The van der Waals surface area contributed by atoms with E-state index in [1.54, 1.807) is 0 Å². The molecule has 0 fully saturated rings. The summed E-state index contributed by atoms with van der Waals surface area (Å²) in [6, 6.07) is 0. The van der Waals surface area contributed by atoms with E-state index in [1.165, 1.54) is 38.5 Å². The van der Waals surface area contributed by atoms with Gasteiger partial charge in [0.2, 0.25) is 0 Å². The van der Waals surface area contributed by atoms with E-state index in [2.05, 4.69) is 50.9 Å². The Kier molecular flexibility index (Phi) is 12.3. The highest BCUT2D eigenvalue weighted by atomic mass is 32.2. The number of hydrogen-bond acceptors (Lipinski definition) is 3. The van der Waals surface area contributed by atoms with E-state index in [0.717, 1.165) is 22.0 Å². The standard InChI is InChI=1S/C12H26S3/c1-3-11(7-5-9-13)15-12(4-2)8-6-10-14/h11-14H,3-10H2,1-2H3. The van der Waals surface area contributed by atoms with Crippen molar-refractivity contribution in [2.24, 2.45) is 0 Å². The lowest BCUT2D eigenvalue weighted by Gasteiger charge is -2.21. The predicted molar refractivity (Wildman–Crippen MR) is 81.9 cm³/mol. The van der Waals surface area contributed by atoms with Crippen LogP contribution < -0.4 is 0 Å². The van der Waals surface area contributed by atoms with Crippen LogP contribution in [-0.2, 0) is 0 Å². The van der Waals surface area contributed by atoms with E-state index in [0.29, 0.717) is 0 Å². The van der Waals surface area contributed by atoms with Crippen LogP contribution in [0.3, 0.4) is 0 Å². The third kappa shape index (κ3) is 8.82. The molecule has 0 nitrogen and oxygen atoms in total. The van der Waals surface area contributed by atoms with Crippen molar-refractivity contribution in [3.05, 3.63) is 0 Å². The molecule has 0 rings (SSSR count).